The fourth-order valence-corrected chi connectivity index (χ4v) is 1.95. The van der Waals surface area contributed by atoms with Gasteiger partial charge in [0, 0.05) is 25.9 Å². The average Bonchev–Trinajstić information content (AvgIpc) is 2.83. The van der Waals surface area contributed by atoms with Crippen molar-refractivity contribution >= 4 is 35.2 Å². The van der Waals surface area contributed by atoms with Gasteiger partial charge < -0.3 is 20.0 Å². The molecule has 23 heavy (non-hydrogen) atoms. The van der Waals surface area contributed by atoms with E-state index in [2.05, 4.69) is 26.8 Å². The summed E-state index contributed by atoms with van der Waals surface area (Å²) in [6, 6.07) is -0.516. The highest BCUT2D eigenvalue weighted by atomic mass is 32.2. The van der Waals surface area contributed by atoms with Crippen LogP contribution in [0.4, 0.5) is 4.79 Å². The Morgan fingerprint density at radius 2 is 1.83 bits per heavy atom. The van der Waals surface area contributed by atoms with Gasteiger partial charge in [-0.2, -0.15) is 0 Å². The van der Waals surface area contributed by atoms with Crippen LogP contribution in [0.1, 0.15) is 19.3 Å². The van der Waals surface area contributed by atoms with Crippen molar-refractivity contribution in [2.24, 2.45) is 0 Å². The lowest BCUT2D eigenvalue weighted by Gasteiger charge is -2.12. The summed E-state index contributed by atoms with van der Waals surface area (Å²) in [5.74, 6) is -1.91. The van der Waals surface area contributed by atoms with E-state index in [4.69, 9.17) is 0 Å². The van der Waals surface area contributed by atoms with E-state index in [0.717, 1.165) is 0 Å². The fraction of sp³-hybridized carbons (Fsp3) is 0.500. The summed E-state index contributed by atoms with van der Waals surface area (Å²) in [6.45, 7) is 3.82. The monoisotopic (exact) mass is 346 g/mol. The molecule has 10 nitrogen and oxygen atoms in total. The molecule has 3 N–H and O–H groups in total. The minimum atomic E-state index is -1.34. The van der Waals surface area contributed by atoms with Crippen LogP contribution in [0.25, 0.3) is 0 Å². The number of carbonyl (C=O) groups excluding carboxylic acids is 4. The molecule has 128 valence electrons. The third-order valence-corrected chi connectivity index (χ3v) is 3.41. The molecule has 1 aliphatic rings. The van der Waals surface area contributed by atoms with Gasteiger partial charge >= 0.3 is 12.0 Å². The lowest BCUT2D eigenvalue weighted by atomic mass is 10.4. The van der Waals surface area contributed by atoms with Crippen molar-refractivity contribution in [3.63, 3.8) is 0 Å². The number of hydrogen-bond acceptors (Lipinski definition) is 7. The van der Waals surface area contributed by atoms with Crippen LogP contribution in [0.3, 0.4) is 0 Å². The number of nitrogens with zero attached hydrogens (tertiary/aromatic N) is 1. The maximum absolute atomic E-state index is 11.4. The summed E-state index contributed by atoms with van der Waals surface area (Å²) >= 11 is -1.34. The van der Waals surface area contributed by atoms with Gasteiger partial charge in [-0.25, -0.2) is 9.59 Å². The van der Waals surface area contributed by atoms with E-state index < -0.39 is 35.2 Å². The number of imide groups is 1. The Balaban J connectivity index is 2.10. The van der Waals surface area contributed by atoms with Crippen molar-refractivity contribution < 1.29 is 28.6 Å². The van der Waals surface area contributed by atoms with Crippen molar-refractivity contribution in [1.82, 2.24) is 20.4 Å². The van der Waals surface area contributed by atoms with E-state index >= 15 is 0 Å². The van der Waals surface area contributed by atoms with Gasteiger partial charge in [-0.1, -0.05) is 0 Å². The topological polar surface area (TPSA) is 140 Å². The third-order valence-electron chi connectivity index (χ3n) is 2.62. The van der Waals surface area contributed by atoms with E-state index in [0.29, 0.717) is 5.06 Å². The van der Waals surface area contributed by atoms with Gasteiger partial charge in [-0.05, 0) is 6.58 Å². The number of hydrogen-bond donors (Lipinski definition) is 3. The zero-order valence-corrected chi connectivity index (χ0v) is 13.1. The van der Waals surface area contributed by atoms with Crippen molar-refractivity contribution in [3.8, 4) is 0 Å². The Kier molecular flexibility index (Phi) is 8.08. The molecule has 0 aliphatic carbocycles. The van der Waals surface area contributed by atoms with Crippen molar-refractivity contribution in [2.45, 2.75) is 19.3 Å². The first-order valence-electron chi connectivity index (χ1n) is 6.79. The number of rotatable bonds is 9. The Labute approximate surface area is 135 Å². The van der Waals surface area contributed by atoms with E-state index in [-0.39, 0.29) is 38.9 Å². The molecule has 0 aromatic carbocycles. The molecular weight excluding hydrogens is 328 g/mol. The molecule has 0 spiro atoms. The summed E-state index contributed by atoms with van der Waals surface area (Å²) in [4.78, 5) is 49.9. The molecule has 1 fully saturated rings. The Morgan fingerprint density at radius 1 is 1.22 bits per heavy atom. The summed E-state index contributed by atoms with van der Waals surface area (Å²) in [5.41, 5.74) is 0. The first kappa shape index (κ1) is 18.9. The molecule has 1 rings (SSSR count). The molecule has 1 atom stereocenters. The smallest absolute Gasteiger partial charge is 0.334 e. The Morgan fingerprint density at radius 3 is 2.43 bits per heavy atom. The average molecular weight is 346 g/mol. The van der Waals surface area contributed by atoms with Crippen LogP contribution in [0.5, 0.6) is 0 Å². The second-order valence-corrected chi connectivity index (χ2v) is 5.55. The van der Waals surface area contributed by atoms with Crippen molar-refractivity contribution in [2.75, 3.05) is 19.6 Å². The van der Waals surface area contributed by atoms with Gasteiger partial charge in [0.2, 0.25) is 0 Å². The molecule has 0 saturated carbocycles. The zero-order chi connectivity index (χ0) is 17.2. The van der Waals surface area contributed by atoms with Crippen molar-refractivity contribution in [1.29, 1.82) is 0 Å². The van der Waals surface area contributed by atoms with E-state index in [9.17, 15) is 23.7 Å². The number of hydroxylamine groups is 2. The van der Waals surface area contributed by atoms with Gasteiger partial charge in [-0.15, -0.1) is 9.79 Å². The molecule has 0 bridgehead atoms. The van der Waals surface area contributed by atoms with E-state index in [1.165, 1.54) is 5.41 Å². The van der Waals surface area contributed by atoms with Crippen LogP contribution in [0, 0.1) is 0 Å². The standard InChI is InChI=1S/C12H18N4O6S/c1-2-23(21)15-8-7-14-12(20)13-6-5-11(19)22-16-9(17)3-4-10(16)18/h2,15H,1,3-8H2,(H2,13,14,20). The molecule has 0 aromatic rings. The fourth-order valence-electron chi connectivity index (χ4n) is 1.53. The van der Waals surface area contributed by atoms with Crippen molar-refractivity contribution in [3.05, 3.63) is 12.0 Å². The van der Waals surface area contributed by atoms with Crippen LogP contribution in [-0.2, 0) is 30.6 Å². The molecule has 1 saturated heterocycles. The molecule has 1 heterocycles. The minimum Gasteiger partial charge on any atom is -0.593 e. The van der Waals surface area contributed by atoms with Crippen LogP contribution in [0.15, 0.2) is 12.0 Å². The van der Waals surface area contributed by atoms with E-state index in [1.54, 1.807) is 0 Å². The first-order valence-corrected chi connectivity index (χ1v) is 8.00. The first-order chi connectivity index (χ1) is 10.9. The number of carbonyl (C=O) groups is 4. The molecule has 1 aliphatic heterocycles. The Bertz CT molecular complexity index is 470. The van der Waals surface area contributed by atoms with Gasteiger partial charge in [-0.3, -0.25) is 9.59 Å². The van der Waals surface area contributed by atoms with Crippen LogP contribution >= 0.6 is 0 Å². The highest BCUT2D eigenvalue weighted by Gasteiger charge is 2.32. The number of nitrogens with one attached hydrogen (secondary N) is 3. The predicted molar refractivity (Wildman–Crippen MR) is 79.5 cm³/mol. The largest absolute Gasteiger partial charge is 0.593 e. The van der Waals surface area contributed by atoms with E-state index in [1.807, 2.05) is 0 Å². The van der Waals surface area contributed by atoms with Crippen LogP contribution in [-0.4, -0.2) is 53.1 Å². The summed E-state index contributed by atoms with van der Waals surface area (Å²) in [5, 5.41) is 6.55. The summed E-state index contributed by atoms with van der Waals surface area (Å²) in [6.07, 6.45) is -0.141. The molecule has 0 radical (unpaired) electrons. The molecular formula is C12H18N4O6S. The minimum absolute atomic E-state index is 0.0209. The quantitative estimate of drug-likeness (QED) is 0.267. The SMILES string of the molecule is C=C[S+]([O-])NCCNC(=O)NCCC(=O)ON1C(=O)CCC1=O. The number of urea groups is 1. The second kappa shape index (κ2) is 9.82. The molecule has 4 amide bonds. The zero-order valence-electron chi connectivity index (χ0n) is 12.3. The highest BCUT2D eigenvalue weighted by molar-refractivity contribution is 7.92. The summed E-state index contributed by atoms with van der Waals surface area (Å²) < 4.78 is 13.5. The maximum Gasteiger partial charge on any atom is 0.334 e. The summed E-state index contributed by atoms with van der Waals surface area (Å²) in [7, 11) is 0. The molecule has 11 heteroatoms. The highest BCUT2D eigenvalue weighted by Crippen LogP contribution is 2.12. The van der Waals surface area contributed by atoms with Gasteiger partial charge in [0.1, 0.15) is 5.41 Å². The molecule has 1 unspecified atom stereocenters. The van der Waals surface area contributed by atoms with Gasteiger partial charge in [0.25, 0.3) is 11.8 Å². The normalized spacial score (nSPS) is 15.3. The van der Waals surface area contributed by atoms with Gasteiger partial charge in [0.15, 0.2) is 0 Å². The van der Waals surface area contributed by atoms with Crippen LogP contribution < -0.4 is 15.4 Å². The maximum atomic E-state index is 11.4. The van der Waals surface area contributed by atoms with Gasteiger partial charge in [0.05, 0.1) is 24.3 Å². The second-order valence-electron chi connectivity index (χ2n) is 4.34. The number of amides is 4. The molecule has 0 aromatic heterocycles. The Hall–Kier alpha value is -2.11. The lowest BCUT2D eigenvalue weighted by Crippen LogP contribution is -2.41. The predicted octanol–water partition coefficient (Wildman–Crippen LogP) is -1.32. The third kappa shape index (κ3) is 7.13. The van der Waals surface area contributed by atoms with Crippen LogP contribution in [0.2, 0.25) is 0 Å². The lowest BCUT2D eigenvalue weighted by molar-refractivity contribution is -0.197.